The second-order valence-electron chi connectivity index (χ2n) is 6.19. The summed E-state index contributed by atoms with van der Waals surface area (Å²) in [7, 11) is 0. The second-order valence-corrected chi connectivity index (χ2v) is 6.19. The number of morpholine rings is 1. The molecule has 1 aliphatic heterocycles. The Morgan fingerprint density at radius 3 is 2.85 bits per heavy atom. The number of anilines is 2. The summed E-state index contributed by atoms with van der Waals surface area (Å²) in [5, 5.41) is 1.08. The van der Waals surface area contributed by atoms with Crippen LogP contribution in [0.15, 0.2) is 30.3 Å². The monoisotopic (exact) mass is 271 g/mol. The molecule has 1 saturated heterocycles. The topological polar surface area (TPSA) is 51.4 Å². The Kier molecular flexibility index (Phi) is 3.05. The molecule has 0 spiro atoms. The Morgan fingerprint density at radius 2 is 2.10 bits per heavy atom. The van der Waals surface area contributed by atoms with Crippen molar-refractivity contribution >= 4 is 22.4 Å². The third-order valence-corrected chi connectivity index (χ3v) is 3.59. The summed E-state index contributed by atoms with van der Waals surface area (Å²) in [5.74, 6) is 1.01. The first kappa shape index (κ1) is 13.2. The van der Waals surface area contributed by atoms with E-state index in [-0.39, 0.29) is 11.7 Å². The maximum atomic E-state index is 5.94. The van der Waals surface area contributed by atoms with Crippen LogP contribution in [0.5, 0.6) is 0 Å². The molecule has 2 N–H and O–H groups in total. The highest BCUT2D eigenvalue weighted by Gasteiger charge is 2.31. The summed E-state index contributed by atoms with van der Waals surface area (Å²) < 4.78 is 5.94. The fourth-order valence-corrected chi connectivity index (χ4v) is 2.94. The van der Waals surface area contributed by atoms with Gasteiger partial charge in [-0.1, -0.05) is 0 Å². The van der Waals surface area contributed by atoms with E-state index in [1.54, 1.807) is 0 Å². The van der Waals surface area contributed by atoms with Crippen LogP contribution in [0.25, 0.3) is 10.9 Å². The van der Waals surface area contributed by atoms with Crippen LogP contribution in [0.4, 0.5) is 11.5 Å². The Labute approximate surface area is 119 Å². The zero-order chi connectivity index (χ0) is 14.3. The number of rotatable bonds is 1. The molecule has 0 aliphatic carbocycles. The molecular weight excluding hydrogens is 250 g/mol. The number of nitrogens with two attached hydrogens (primary N) is 1. The van der Waals surface area contributed by atoms with Crippen LogP contribution < -0.4 is 10.6 Å². The Hall–Kier alpha value is -1.81. The van der Waals surface area contributed by atoms with Crippen molar-refractivity contribution in [3.8, 4) is 0 Å². The first-order valence-corrected chi connectivity index (χ1v) is 7.02. The number of ether oxygens (including phenoxy) is 1. The third kappa shape index (κ3) is 2.56. The molecule has 1 unspecified atom stereocenters. The van der Waals surface area contributed by atoms with Gasteiger partial charge in [0.25, 0.3) is 0 Å². The molecule has 106 valence electrons. The minimum absolute atomic E-state index is 0.143. The number of nitrogen functional groups attached to an aromatic ring is 1. The molecule has 0 saturated carbocycles. The van der Waals surface area contributed by atoms with Crippen molar-refractivity contribution in [3.05, 3.63) is 30.3 Å². The van der Waals surface area contributed by atoms with E-state index in [0.717, 1.165) is 35.5 Å². The molecule has 1 atom stereocenters. The third-order valence-electron chi connectivity index (χ3n) is 3.59. The van der Waals surface area contributed by atoms with Crippen molar-refractivity contribution in [2.45, 2.75) is 32.5 Å². The number of nitrogens with zero attached hydrogens (tertiary/aromatic N) is 2. The lowest BCUT2D eigenvalue weighted by molar-refractivity contribution is -0.0751. The number of hydrogen-bond donors (Lipinski definition) is 1. The van der Waals surface area contributed by atoms with Crippen LogP contribution >= 0.6 is 0 Å². The zero-order valence-electron chi connectivity index (χ0n) is 12.3. The van der Waals surface area contributed by atoms with E-state index in [2.05, 4.69) is 37.8 Å². The molecule has 20 heavy (non-hydrogen) atoms. The van der Waals surface area contributed by atoms with E-state index in [1.165, 1.54) is 0 Å². The molecule has 1 fully saturated rings. The number of fused-ring (bicyclic) bond motifs is 1. The normalized spacial score (nSPS) is 22.1. The highest BCUT2D eigenvalue weighted by Crippen LogP contribution is 2.26. The number of benzene rings is 1. The van der Waals surface area contributed by atoms with Gasteiger partial charge in [-0.25, -0.2) is 4.98 Å². The van der Waals surface area contributed by atoms with Gasteiger partial charge in [-0.3, -0.25) is 0 Å². The van der Waals surface area contributed by atoms with Gasteiger partial charge in [0.1, 0.15) is 5.82 Å². The molecule has 0 bridgehead atoms. The minimum Gasteiger partial charge on any atom is -0.399 e. The Bertz CT molecular complexity index is 639. The molecule has 4 heteroatoms. The maximum Gasteiger partial charge on any atom is 0.129 e. The minimum atomic E-state index is -0.143. The van der Waals surface area contributed by atoms with Crippen molar-refractivity contribution in [2.75, 3.05) is 23.7 Å². The lowest BCUT2D eigenvalue weighted by Crippen LogP contribution is -2.52. The zero-order valence-corrected chi connectivity index (χ0v) is 12.3. The standard InChI is InChI=1S/C16H21N3O/c1-11-9-19(10-16(2,3)20-11)15-7-4-12-8-13(17)5-6-14(12)18-15/h4-8,11H,9-10,17H2,1-3H3. The number of aromatic nitrogens is 1. The fraction of sp³-hybridized carbons (Fsp3) is 0.438. The van der Waals surface area contributed by atoms with Crippen LogP contribution in [0.2, 0.25) is 0 Å². The molecule has 1 aromatic heterocycles. The fourth-order valence-electron chi connectivity index (χ4n) is 2.94. The lowest BCUT2D eigenvalue weighted by Gasteiger charge is -2.42. The van der Waals surface area contributed by atoms with E-state index in [1.807, 2.05) is 18.2 Å². The van der Waals surface area contributed by atoms with Gasteiger partial charge in [0.2, 0.25) is 0 Å². The smallest absolute Gasteiger partial charge is 0.129 e. The lowest BCUT2D eigenvalue weighted by atomic mass is 10.1. The average Bonchev–Trinajstić information content (AvgIpc) is 2.35. The number of pyridine rings is 1. The van der Waals surface area contributed by atoms with Gasteiger partial charge in [-0.2, -0.15) is 0 Å². The quantitative estimate of drug-likeness (QED) is 0.810. The summed E-state index contributed by atoms with van der Waals surface area (Å²) >= 11 is 0. The van der Waals surface area contributed by atoms with Crippen molar-refractivity contribution < 1.29 is 4.74 Å². The van der Waals surface area contributed by atoms with E-state index in [4.69, 9.17) is 15.5 Å². The van der Waals surface area contributed by atoms with Gasteiger partial charge in [0.15, 0.2) is 0 Å². The van der Waals surface area contributed by atoms with Crippen LogP contribution in [0.1, 0.15) is 20.8 Å². The first-order chi connectivity index (χ1) is 9.43. The highest BCUT2D eigenvalue weighted by atomic mass is 16.5. The van der Waals surface area contributed by atoms with Crippen molar-refractivity contribution in [3.63, 3.8) is 0 Å². The molecular formula is C16H21N3O. The van der Waals surface area contributed by atoms with E-state index in [9.17, 15) is 0 Å². The molecule has 4 nitrogen and oxygen atoms in total. The summed E-state index contributed by atoms with van der Waals surface area (Å²) in [6.45, 7) is 8.08. The molecule has 1 aliphatic rings. The summed E-state index contributed by atoms with van der Waals surface area (Å²) in [4.78, 5) is 7.05. The van der Waals surface area contributed by atoms with E-state index in [0.29, 0.717) is 0 Å². The summed E-state index contributed by atoms with van der Waals surface area (Å²) in [5.41, 5.74) is 7.41. The maximum absolute atomic E-state index is 5.94. The van der Waals surface area contributed by atoms with Gasteiger partial charge in [-0.15, -0.1) is 0 Å². The SMILES string of the molecule is CC1CN(c2ccc3cc(N)ccc3n2)CC(C)(C)O1. The molecule has 2 heterocycles. The first-order valence-electron chi connectivity index (χ1n) is 7.02. The average molecular weight is 271 g/mol. The number of hydrogen-bond acceptors (Lipinski definition) is 4. The second kappa shape index (κ2) is 4.63. The van der Waals surface area contributed by atoms with Crippen molar-refractivity contribution in [2.24, 2.45) is 0 Å². The predicted octanol–water partition coefficient (Wildman–Crippen LogP) is 2.82. The van der Waals surface area contributed by atoms with Crippen LogP contribution in [-0.4, -0.2) is 29.8 Å². The molecule has 3 rings (SSSR count). The Balaban J connectivity index is 1.95. The molecule has 0 amide bonds. The molecule has 0 radical (unpaired) electrons. The Morgan fingerprint density at radius 1 is 1.30 bits per heavy atom. The van der Waals surface area contributed by atoms with Gasteiger partial charge >= 0.3 is 0 Å². The van der Waals surface area contributed by atoms with Crippen molar-refractivity contribution in [1.29, 1.82) is 0 Å². The van der Waals surface area contributed by atoms with Crippen LogP contribution in [-0.2, 0) is 4.74 Å². The van der Waals surface area contributed by atoms with Crippen LogP contribution in [0, 0.1) is 0 Å². The summed E-state index contributed by atoms with van der Waals surface area (Å²) in [6, 6.07) is 9.98. The van der Waals surface area contributed by atoms with Crippen LogP contribution in [0.3, 0.4) is 0 Å². The van der Waals surface area contributed by atoms with Gasteiger partial charge in [0.05, 0.1) is 17.2 Å². The van der Waals surface area contributed by atoms with Crippen molar-refractivity contribution in [1.82, 2.24) is 4.98 Å². The van der Waals surface area contributed by atoms with E-state index < -0.39 is 0 Å². The van der Waals surface area contributed by atoms with Gasteiger partial charge in [0, 0.05) is 24.2 Å². The highest BCUT2D eigenvalue weighted by molar-refractivity contribution is 5.83. The summed E-state index contributed by atoms with van der Waals surface area (Å²) in [6.07, 6.45) is 0.211. The molecule has 2 aromatic rings. The molecule has 1 aromatic carbocycles. The largest absolute Gasteiger partial charge is 0.399 e. The van der Waals surface area contributed by atoms with E-state index >= 15 is 0 Å². The van der Waals surface area contributed by atoms with Gasteiger partial charge in [-0.05, 0) is 51.1 Å². The predicted molar refractivity (Wildman–Crippen MR) is 83.0 cm³/mol. The van der Waals surface area contributed by atoms with Gasteiger partial charge < -0.3 is 15.4 Å².